The number of carbonyl (C=O) groups is 2. The summed E-state index contributed by atoms with van der Waals surface area (Å²) in [5.41, 5.74) is 1.91. The van der Waals surface area contributed by atoms with Crippen LogP contribution in [0.1, 0.15) is 37.7 Å². The first-order valence-electron chi connectivity index (χ1n) is 8.99. The van der Waals surface area contributed by atoms with Gasteiger partial charge in [-0.2, -0.15) is 0 Å². The topological polar surface area (TPSA) is 43.0 Å². The average molecular weight is 498 g/mol. The number of fused-ring (bicyclic) bond motifs is 3. The number of hydrogen-bond acceptors (Lipinski definition) is 2. The van der Waals surface area contributed by atoms with Crippen molar-refractivity contribution < 1.29 is 42.5 Å². The van der Waals surface area contributed by atoms with Gasteiger partial charge in [-0.3, -0.25) is 9.59 Å². The molecule has 29 heavy (non-hydrogen) atoms. The SMILES string of the molecule is C[n+]1cn(Cc2ccccc2F)c2c1C(=O)c1cc3ccccc3cc1C2=O.[I-]. The second-order valence-electron chi connectivity index (χ2n) is 7.05. The molecule has 6 heteroatoms. The maximum Gasteiger partial charge on any atom is 0.245 e. The number of hydrogen-bond donors (Lipinski definition) is 0. The fourth-order valence-corrected chi connectivity index (χ4v) is 3.93. The second kappa shape index (κ2) is 7.18. The van der Waals surface area contributed by atoms with E-state index in [-0.39, 0.29) is 47.9 Å². The molecule has 1 aliphatic rings. The minimum atomic E-state index is -0.339. The van der Waals surface area contributed by atoms with Crippen molar-refractivity contribution >= 4 is 22.3 Å². The van der Waals surface area contributed by atoms with Crippen LogP contribution >= 0.6 is 0 Å². The molecule has 4 aromatic rings. The maximum atomic E-state index is 14.1. The number of aryl methyl sites for hydroxylation is 1. The van der Waals surface area contributed by atoms with Crippen LogP contribution in [0.25, 0.3) is 10.8 Å². The number of nitrogens with zero attached hydrogens (tertiary/aromatic N) is 2. The van der Waals surface area contributed by atoms with Crippen molar-refractivity contribution in [2.75, 3.05) is 0 Å². The number of rotatable bonds is 2. The van der Waals surface area contributed by atoms with Gasteiger partial charge in [0.1, 0.15) is 12.4 Å². The first kappa shape index (κ1) is 19.4. The van der Waals surface area contributed by atoms with Crippen LogP contribution in [0.5, 0.6) is 0 Å². The van der Waals surface area contributed by atoms with E-state index in [1.807, 2.05) is 24.3 Å². The Morgan fingerprint density at radius 2 is 1.48 bits per heavy atom. The summed E-state index contributed by atoms with van der Waals surface area (Å²) in [5.74, 6) is -0.744. The van der Waals surface area contributed by atoms with Gasteiger partial charge in [0, 0.05) is 16.7 Å². The molecule has 0 radical (unpaired) electrons. The Hall–Kier alpha value is -2.87. The van der Waals surface area contributed by atoms with Crippen LogP contribution in [0.15, 0.2) is 67.0 Å². The van der Waals surface area contributed by atoms with Crippen molar-refractivity contribution in [1.29, 1.82) is 0 Å². The lowest BCUT2D eigenvalue weighted by Crippen LogP contribution is -3.00. The van der Waals surface area contributed by atoms with Crippen LogP contribution in [-0.4, -0.2) is 16.1 Å². The van der Waals surface area contributed by atoms with Crippen LogP contribution in [0, 0.1) is 5.82 Å². The monoisotopic (exact) mass is 498 g/mol. The van der Waals surface area contributed by atoms with Crippen LogP contribution in [0.4, 0.5) is 4.39 Å². The highest BCUT2D eigenvalue weighted by Gasteiger charge is 2.40. The van der Waals surface area contributed by atoms with E-state index in [1.54, 1.807) is 52.8 Å². The minimum Gasteiger partial charge on any atom is -1.00 e. The molecule has 0 saturated carbocycles. The summed E-state index contributed by atoms with van der Waals surface area (Å²) in [6.07, 6.45) is 1.68. The molecular formula is C23H16FIN2O2. The molecule has 0 atom stereocenters. The van der Waals surface area contributed by atoms with Crippen LogP contribution in [0.2, 0.25) is 0 Å². The third-order valence-corrected chi connectivity index (χ3v) is 5.28. The van der Waals surface area contributed by atoms with Gasteiger partial charge in [0.15, 0.2) is 0 Å². The number of benzene rings is 3. The predicted molar refractivity (Wildman–Crippen MR) is 102 cm³/mol. The van der Waals surface area contributed by atoms with E-state index in [1.165, 1.54) is 6.07 Å². The highest BCUT2D eigenvalue weighted by Crippen LogP contribution is 2.30. The lowest BCUT2D eigenvalue weighted by atomic mass is 9.87. The molecule has 144 valence electrons. The standard InChI is InChI=1S/C23H16FN2O2.HI/c1-25-13-26(12-16-8-4-5-9-19(16)24)21-20(25)22(27)17-10-14-6-2-3-7-15(14)11-18(17)23(21)28;/h2-11,13H,12H2,1H3;1H/q+1;/p-1. The molecule has 3 aromatic carbocycles. The number of aromatic nitrogens is 2. The van der Waals surface area contributed by atoms with Crippen molar-refractivity contribution in [1.82, 2.24) is 4.57 Å². The van der Waals surface area contributed by atoms with Gasteiger partial charge >= 0.3 is 0 Å². The molecule has 0 fully saturated rings. The fourth-order valence-electron chi connectivity index (χ4n) is 3.93. The smallest absolute Gasteiger partial charge is 0.245 e. The molecule has 0 N–H and O–H groups in total. The molecule has 0 unspecified atom stereocenters. The summed E-state index contributed by atoms with van der Waals surface area (Å²) in [6.45, 7) is 0.178. The van der Waals surface area contributed by atoms with Gasteiger partial charge in [0.2, 0.25) is 29.3 Å². The molecule has 0 aliphatic heterocycles. The summed E-state index contributed by atoms with van der Waals surface area (Å²) in [6, 6.07) is 17.6. The third-order valence-electron chi connectivity index (χ3n) is 5.28. The molecule has 0 spiro atoms. The summed E-state index contributed by atoms with van der Waals surface area (Å²) in [5, 5.41) is 1.82. The Kier molecular flexibility index (Phi) is 4.82. The number of carbonyl (C=O) groups excluding carboxylic acids is 2. The first-order chi connectivity index (χ1) is 13.5. The third kappa shape index (κ3) is 2.98. The minimum absolute atomic E-state index is 0. The Morgan fingerprint density at radius 1 is 0.897 bits per heavy atom. The summed E-state index contributed by atoms with van der Waals surface area (Å²) in [7, 11) is 1.73. The van der Waals surface area contributed by atoms with Gasteiger partial charge in [0.05, 0.1) is 7.05 Å². The van der Waals surface area contributed by atoms with Gasteiger partial charge in [-0.1, -0.05) is 42.5 Å². The highest BCUT2D eigenvalue weighted by atomic mass is 127. The average Bonchev–Trinajstić information content (AvgIpc) is 3.03. The molecule has 1 aliphatic carbocycles. The van der Waals surface area contributed by atoms with Gasteiger partial charge in [-0.05, 0) is 29.0 Å². The van der Waals surface area contributed by atoms with E-state index < -0.39 is 0 Å². The van der Waals surface area contributed by atoms with Crippen LogP contribution in [0.3, 0.4) is 0 Å². The molecule has 4 nitrogen and oxygen atoms in total. The summed E-state index contributed by atoms with van der Waals surface area (Å²) >= 11 is 0. The lowest BCUT2D eigenvalue weighted by Gasteiger charge is -2.14. The number of ketones is 2. The Morgan fingerprint density at radius 3 is 2.14 bits per heavy atom. The van der Waals surface area contributed by atoms with E-state index >= 15 is 0 Å². The van der Waals surface area contributed by atoms with Crippen molar-refractivity contribution in [3.8, 4) is 0 Å². The zero-order valence-corrected chi connectivity index (χ0v) is 17.7. The van der Waals surface area contributed by atoms with Gasteiger partial charge in [-0.15, -0.1) is 0 Å². The molecule has 5 rings (SSSR count). The molecule has 0 amide bonds. The maximum absolute atomic E-state index is 14.1. The predicted octanol–water partition coefficient (Wildman–Crippen LogP) is 0.433. The highest BCUT2D eigenvalue weighted by molar-refractivity contribution is 6.27. The number of halogens is 2. The van der Waals surface area contributed by atoms with Gasteiger partial charge in [0.25, 0.3) is 0 Å². The second-order valence-corrected chi connectivity index (χ2v) is 7.05. The van der Waals surface area contributed by atoms with Crippen LogP contribution < -0.4 is 28.5 Å². The quantitative estimate of drug-likeness (QED) is 0.262. The summed E-state index contributed by atoms with van der Waals surface area (Å²) in [4.78, 5) is 26.5. The molecule has 1 aromatic heterocycles. The van der Waals surface area contributed by atoms with Crippen molar-refractivity contribution in [3.63, 3.8) is 0 Å². The van der Waals surface area contributed by atoms with Gasteiger partial charge < -0.3 is 24.0 Å². The Bertz CT molecular complexity index is 1310. The van der Waals surface area contributed by atoms with E-state index in [9.17, 15) is 14.0 Å². The van der Waals surface area contributed by atoms with E-state index in [0.29, 0.717) is 28.1 Å². The van der Waals surface area contributed by atoms with Crippen molar-refractivity contribution in [2.45, 2.75) is 6.54 Å². The van der Waals surface area contributed by atoms with E-state index in [0.717, 1.165) is 10.8 Å². The largest absolute Gasteiger partial charge is 1.00 e. The van der Waals surface area contributed by atoms with E-state index in [2.05, 4.69) is 0 Å². The zero-order valence-electron chi connectivity index (χ0n) is 15.5. The molecule has 1 heterocycles. The number of imidazole rings is 1. The lowest BCUT2D eigenvalue weighted by molar-refractivity contribution is -0.672. The van der Waals surface area contributed by atoms with Crippen molar-refractivity contribution in [2.24, 2.45) is 7.05 Å². The molecule has 0 saturated heterocycles. The van der Waals surface area contributed by atoms with E-state index in [4.69, 9.17) is 0 Å². The molecule has 0 bridgehead atoms. The van der Waals surface area contributed by atoms with Crippen molar-refractivity contribution in [3.05, 3.63) is 101 Å². The summed E-state index contributed by atoms with van der Waals surface area (Å²) < 4.78 is 17.4. The van der Waals surface area contributed by atoms with Gasteiger partial charge in [-0.25, -0.2) is 13.5 Å². The Labute approximate surface area is 183 Å². The normalized spacial score (nSPS) is 12.5. The van der Waals surface area contributed by atoms with Crippen LogP contribution in [-0.2, 0) is 13.6 Å². The zero-order chi connectivity index (χ0) is 19.4. The fraction of sp³-hybridized carbons (Fsp3) is 0.0870. The molecular weight excluding hydrogens is 482 g/mol. The first-order valence-corrected chi connectivity index (χ1v) is 8.99. The Balaban J connectivity index is 0.00000205.